The van der Waals surface area contributed by atoms with Gasteiger partial charge in [-0.15, -0.1) is 0 Å². The van der Waals surface area contributed by atoms with Crippen LogP contribution in [0.5, 0.6) is 11.5 Å². The van der Waals surface area contributed by atoms with Crippen LogP contribution in [-0.4, -0.2) is 5.91 Å². The maximum atomic E-state index is 11.4. The zero-order valence-corrected chi connectivity index (χ0v) is 11.7. The Bertz CT molecular complexity index is 630. The molecule has 2 aromatic rings. The fourth-order valence-corrected chi connectivity index (χ4v) is 1.90. The van der Waals surface area contributed by atoms with Gasteiger partial charge in [0.1, 0.15) is 17.9 Å². The van der Waals surface area contributed by atoms with Gasteiger partial charge in [-0.25, -0.2) is 0 Å². The van der Waals surface area contributed by atoms with Crippen LogP contribution in [0.2, 0.25) is 0 Å². The second-order valence-electron chi connectivity index (χ2n) is 4.61. The van der Waals surface area contributed by atoms with Crippen molar-refractivity contribution in [3.8, 4) is 17.6 Å². The van der Waals surface area contributed by atoms with E-state index in [1.165, 1.54) is 0 Å². The van der Waals surface area contributed by atoms with Gasteiger partial charge in [0, 0.05) is 0 Å². The molecular formula is C17H16N2O2. The lowest BCUT2D eigenvalue weighted by molar-refractivity contribution is -0.120. The number of hydrogen-bond acceptors (Lipinski definition) is 3. The molecule has 1 unspecified atom stereocenters. The number of amides is 1. The molecule has 4 heteroatoms. The molecule has 0 saturated carbocycles. The van der Waals surface area contributed by atoms with Crippen LogP contribution in [0.4, 0.5) is 0 Å². The van der Waals surface area contributed by atoms with Crippen molar-refractivity contribution in [3.63, 3.8) is 0 Å². The fraction of sp³-hybridized carbons (Fsp3) is 0.176. The minimum Gasteiger partial charge on any atom is -0.457 e. The zero-order valence-electron chi connectivity index (χ0n) is 11.7. The van der Waals surface area contributed by atoms with E-state index in [0.717, 1.165) is 17.1 Å². The number of hydrogen-bond donors (Lipinski definition) is 1. The predicted molar refractivity (Wildman–Crippen MR) is 79.7 cm³/mol. The van der Waals surface area contributed by atoms with E-state index < -0.39 is 0 Å². The van der Waals surface area contributed by atoms with Crippen molar-refractivity contribution in [3.05, 3.63) is 60.2 Å². The quantitative estimate of drug-likeness (QED) is 0.910. The highest BCUT2D eigenvalue weighted by molar-refractivity contribution is 5.78. The van der Waals surface area contributed by atoms with Crippen LogP contribution < -0.4 is 10.1 Å². The monoisotopic (exact) mass is 280 g/mol. The number of para-hydroxylation sites is 1. The molecule has 1 atom stereocenters. The molecule has 0 aromatic heterocycles. The first-order valence-electron chi connectivity index (χ1n) is 6.68. The second-order valence-corrected chi connectivity index (χ2v) is 4.61. The Balaban J connectivity index is 1.98. The van der Waals surface area contributed by atoms with Crippen molar-refractivity contribution in [2.45, 2.75) is 19.4 Å². The molecule has 1 N–H and O–H groups in total. The first-order valence-corrected chi connectivity index (χ1v) is 6.68. The van der Waals surface area contributed by atoms with E-state index in [-0.39, 0.29) is 18.4 Å². The molecule has 0 aliphatic heterocycles. The number of nitrogens with zero attached hydrogens (tertiary/aromatic N) is 1. The van der Waals surface area contributed by atoms with E-state index in [9.17, 15) is 4.79 Å². The summed E-state index contributed by atoms with van der Waals surface area (Å²) in [6.45, 7) is 1.88. The lowest BCUT2D eigenvalue weighted by atomic mass is 10.1. The van der Waals surface area contributed by atoms with Crippen LogP contribution in [0.15, 0.2) is 54.6 Å². The molecule has 0 saturated heterocycles. The molecule has 2 rings (SSSR count). The van der Waals surface area contributed by atoms with Crippen LogP contribution in [0.25, 0.3) is 0 Å². The third-order valence-corrected chi connectivity index (χ3v) is 2.98. The number of ether oxygens (including phenoxy) is 1. The van der Waals surface area contributed by atoms with Gasteiger partial charge < -0.3 is 10.1 Å². The van der Waals surface area contributed by atoms with E-state index in [2.05, 4.69) is 5.32 Å². The summed E-state index contributed by atoms with van der Waals surface area (Å²) in [5.74, 6) is 1.25. The Morgan fingerprint density at radius 2 is 1.76 bits per heavy atom. The predicted octanol–water partition coefficient (Wildman–Crippen LogP) is 3.57. The summed E-state index contributed by atoms with van der Waals surface area (Å²) in [5, 5.41) is 11.2. The van der Waals surface area contributed by atoms with Gasteiger partial charge in [0.2, 0.25) is 5.91 Å². The first kappa shape index (κ1) is 14.6. The zero-order chi connectivity index (χ0) is 15.1. The number of benzene rings is 2. The topological polar surface area (TPSA) is 62.1 Å². The standard InChI is InChI=1S/C17H16N2O2/c1-13(19-17(20)11-12-18)14-7-9-16(10-8-14)21-15-5-3-2-4-6-15/h2-10,13H,11H2,1H3,(H,19,20). The highest BCUT2D eigenvalue weighted by Gasteiger charge is 2.09. The molecule has 0 aliphatic rings. The van der Waals surface area contributed by atoms with Gasteiger partial charge in [-0.3, -0.25) is 4.79 Å². The third-order valence-electron chi connectivity index (χ3n) is 2.98. The Morgan fingerprint density at radius 1 is 1.14 bits per heavy atom. The van der Waals surface area contributed by atoms with Gasteiger partial charge >= 0.3 is 0 Å². The fourth-order valence-electron chi connectivity index (χ4n) is 1.90. The summed E-state index contributed by atoms with van der Waals surface area (Å²) in [4.78, 5) is 11.4. The molecule has 0 radical (unpaired) electrons. The van der Waals surface area contributed by atoms with Crippen molar-refractivity contribution in [2.24, 2.45) is 0 Å². The van der Waals surface area contributed by atoms with Crippen molar-refractivity contribution in [1.29, 1.82) is 5.26 Å². The molecule has 0 spiro atoms. The van der Waals surface area contributed by atoms with E-state index in [1.54, 1.807) is 0 Å². The SMILES string of the molecule is CC(NC(=O)CC#N)c1ccc(Oc2ccccc2)cc1. The highest BCUT2D eigenvalue weighted by atomic mass is 16.5. The van der Waals surface area contributed by atoms with Crippen LogP contribution in [0.3, 0.4) is 0 Å². The highest BCUT2D eigenvalue weighted by Crippen LogP contribution is 2.23. The van der Waals surface area contributed by atoms with Gasteiger partial charge in [0.05, 0.1) is 12.1 Å². The van der Waals surface area contributed by atoms with Crippen molar-refractivity contribution in [2.75, 3.05) is 0 Å². The second kappa shape index (κ2) is 7.11. The summed E-state index contributed by atoms with van der Waals surface area (Å²) in [7, 11) is 0. The molecule has 106 valence electrons. The summed E-state index contributed by atoms with van der Waals surface area (Å²) < 4.78 is 5.70. The Morgan fingerprint density at radius 3 is 2.38 bits per heavy atom. The molecule has 2 aromatic carbocycles. The molecule has 21 heavy (non-hydrogen) atoms. The summed E-state index contributed by atoms with van der Waals surface area (Å²) in [6.07, 6.45) is -0.125. The van der Waals surface area contributed by atoms with Gasteiger partial charge in [0.25, 0.3) is 0 Å². The Kier molecular flexibility index (Phi) is 4.94. The van der Waals surface area contributed by atoms with E-state index in [0.29, 0.717) is 0 Å². The van der Waals surface area contributed by atoms with Gasteiger partial charge in [-0.05, 0) is 36.8 Å². The molecule has 0 heterocycles. The lowest BCUT2D eigenvalue weighted by Gasteiger charge is -2.14. The molecular weight excluding hydrogens is 264 g/mol. The van der Waals surface area contributed by atoms with E-state index >= 15 is 0 Å². The van der Waals surface area contributed by atoms with Crippen LogP contribution in [0, 0.1) is 11.3 Å². The smallest absolute Gasteiger partial charge is 0.234 e. The minimum atomic E-state index is -0.269. The summed E-state index contributed by atoms with van der Waals surface area (Å²) in [5.41, 5.74) is 0.960. The molecule has 0 fully saturated rings. The molecule has 0 aliphatic carbocycles. The maximum Gasteiger partial charge on any atom is 0.234 e. The number of nitriles is 1. The number of rotatable bonds is 5. The van der Waals surface area contributed by atoms with Crippen molar-refractivity contribution >= 4 is 5.91 Å². The van der Waals surface area contributed by atoms with Crippen LogP contribution in [0.1, 0.15) is 24.9 Å². The first-order chi connectivity index (χ1) is 10.2. The number of carbonyl (C=O) groups excluding carboxylic acids is 1. The van der Waals surface area contributed by atoms with E-state index in [4.69, 9.17) is 10.00 Å². The Labute approximate surface area is 124 Å². The summed E-state index contributed by atoms with van der Waals surface area (Å²) >= 11 is 0. The number of nitrogens with one attached hydrogen (secondary N) is 1. The third kappa shape index (κ3) is 4.36. The Hall–Kier alpha value is -2.80. The van der Waals surface area contributed by atoms with Gasteiger partial charge in [-0.2, -0.15) is 5.26 Å². The lowest BCUT2D eigenvalue weighted by Crippen LogP contribution is -2.25. The largest absolute Gasteiger partial charge is 0.457 e. The van der Waals surface area contributed by atoms with Crippen LogP contribution >= 0.6 is 0 Å². The maximum absolute atomic E-state index is 11.4. The van der Waals surface area contributed by atoms with E-state index in [1.807, 2.05) is 67.6 Å². The minimum absolute atomic E-state index is 0.125. The molecule has 4 nitrogen and oxygen atoms in total. The molecule has 0 bridgehead atoms. The van der Waals surface area contributed by atoms with Crippen molar-refractivity contribution < 1.29 is 9.53 Å². The number of carbonyl (C=O) groups is 1. The average Bonchev–Trinajstić information content (AvgIpc) is 2.49. The average molecular weight is 280 g/mol. The van der Waals surface area contributed by atoms with Crippen molar-refractivity contribution in [1.82, 2.24) is 5.32 Å². The van der Waals surface area contributed by atoms with Gasteiger partial charge in [0.15, 0.2) is 0 Å². The van der Waals surface area contributed by atoms with Gasteiger partial charge in [-0.1, -0.05) is 30.3 Å². The van der Waals surface area contributed by atoms with Crippen LogP contribution in [-0.2, 0) is 4.79 Å². The normalized spacial score (nSPS) is 11.2. The molecule has 1 amide bonds. The summed E-state index contributed by atoms with van der Waals surface area (Å²) in [6, 6.07) is 18.7.